The van der Waals surface area contributed by atoms with Gasteiger partial charge in [0.2, 0.25) is 5.78 Å². The molecule has 0 aromatic rings. The maximum atomic E-state index is 11.7. The van der Waals surface area contributed by atoms with Gasteiger partial charge in [0.1, 0.15) is 12.3 Å². The topological polar surface area (TPSA) is 71.4 Å². The highest BCUT2D eigenvalue weighted by molar-refractivity contribution is 5.92. The third-order valence-electron chi connectivity index (χ3n) is 3.24. The van der Waals surface area contributed by atoms with E-state index in [2.05, 4.69) is 0 Å². The number of hydrogen-bond donors (Lipinski definition) is 1. The summed E-state index contributed by atoms with van der Waals surface area (Å²) in [6.07, 6.45) is 0.00315. The Hall–Kier alpha value is -1.07. The van der Waals surface area contributed by atoms with E-state index in [1.165, 1.54) is 13.8 Å². The Labute approximate surface area is 94.6 Å². The second kappa shape index (κ2) is 4.07. The lowest BCUT2D eigenvalue weighted by Gasteiger charge is -2.39. The van der Waals surface area contributed by atoms with Crippen molar-refractivity contribution in [1.82, 2.24) is 0 Å². The Balaban J connectivity index is 3.04. The number of quaternary nitrogens is 1. The van der Waals surface area contributed by atoms with Crippen molar-refractivity contribution >= 4 is 17.3 Å². The molecule has 1 N–H and O–H groups in total. The van der Waals surface area contributed by atoms with E-state index in [1.807, 2.05) is 0 Å². The SMILES string of the molecule is CC(=O)CC1(O)C(=O)CC[N+]1(C)CC(C)=O. The Morgan fingerprint density at radius 3 is 2.38 bits per heavy atom. The summed E-state index contributed by atoms with van der Waals surface area (Å²) in [4.78, 5) is 34.0. The van der Waals surface area contributed by atoms with Gasteiger partial charge >= 0.3 is 0 Å². The number of carbonyl (C=O) groups excluding carboxylic acids is 3. The number of hydrogen-bond acceptors (Lipinski definition) is 4. The lowest BCUT2D eigenvalue weighted by atomic mass is 10.0. The quantitative estimate of drug-likeness (QED) is 0.668. The maximum absolute atomic E-state index is 11.7. The van der Waals surface area contributed by atoms with Gasteiger partial charge in [-0.3, -0.25) is 18.9 Å². The molecule has 0 aliphatic carbocycles. The van der Waals surface area contributed by atoms with Gasteiger partial charge in [-0.1, -0.05) is 0 Å². The smallest absolute Gasteiger partial charge is 0.268 e. The van der Waals surface area contributed by atoms with Crippen LogP contribution in [0.1, 0.15) is 26.7 Å². The molecule has 90 valence electrons. The molecule has 5 nitrogen and oxygen atoms in total. The minimum atomic E-state index is -1.71. The first kappa shape index (κ1) is 13.0. The van der Waals surface area contributed by atoms with Crippen molar-refractivity contribution in [1.29, 1.82) is 0 Å². The number of ketones is 3. The second-order valence-electron chi connectivity index (χ2n) is 4.85. The van der Waals surface area contributed by atoms with E-state index in [4.69, 9.17) is 0 Å². The highest BCUT2D eigenvalue weighted by Crippen LogP contribution is 2.33. The lowest BCUT2D eigenvalue weighted by molar-refractivity contribution is -0.955. The number of rotatable bonds is 4. The molecule has 1 saturated heterocycles. The van der Waals surface area contributed by atoms with Crippen LogP contribution in [0.2, 0.25) is 0 Å². The van der Waals surface area contributed by atoms with Crippen LogP contribution in [0, 0.1) is 0 Å². The van der Waals surface area contributed by atoms with Crippen LogP contribution in [0.15, 0.2) is 0 Å². The number of nitrogens with zero attached hydrogens (tertiary/aromatic N) is 1. The molecule has 0 aromatic heterocycles. The van der Waals surface area contributed by atoms with Gasteiger partial charge in [-0.05, 0) is 6.92 Å². The van der Waals surface area contributed by atoms with Gasteiger partial charge in [-0.15, -0.1) is 0 Å². The van der Waals surface area contributed by atoms with Crippen LogP contribution in [0.5, 0.6) is 0 Å². The molecule has 1 aliphatic rings. The summed E-state index contributed by atoms with van der Waals surface area (Å²) in [5.41, 5.74) is -1.71. The number of likely N-dealkylation sites (N-methyl/N-ethyl adjacent to an activating group) is 1. The van der Waals surface area contributed by atoms with Gasteiger partial charge in [0, 0.05) is 6.92 Å². The standard InChI is InChI=1S/C11H18NO4/c1-8(13)6-11(16)10(15)4-5-12(11,3)7-9(2)14/h16H,4-7H2,1-3H3/q+1. The molecule has 0 radical (unpaired) electrons. The van der Waals surface area contributed by atoms with Gasteiger partial charge in [-0.2, -0.15) is 0 Å². The third kappa shape index (κ3) is 2.05. The van der Waals surface area contributed by atoms with Crippen molar-refractivity contribution in [3.8, 4) is 0 Å². The summed E-state index contributed by atoms with van der Waals surface area (Å²) in [5, 5.41) is 10.3. The molecule has 1 aliphatic heterocycles. The van der Waals surface area contributed by atoms with E-state index in [-0.39, 0.29) is 41.2 Å². The maximum Gasteiger partial charge on any atom is 0.268 e. The summed E-state index contributed by atoms with van der Waals surface area (Å²) in [6.45, 7) is 3.24. The van der Waals surface area contributed by atoms with E-state index >= 15 is 0 Å². The van der Waals surface area contributed by atoms with Crippen molar-refractivity contribution in [3.63, 3.8) is 0 Å². The minimum Gasteiger partial charge on any atom is -0.336 e. The van der Waals surface area contributed by atoms with Crippen molar-refractivity contribution in [2.45, 2.75) is 32.4 Å². The summed E-state index contributed by atoms with van der Waals surface area (Å²) < 4.78 is -0.0687. The van der Waals surface area contributed by atoms with Gasteiger partial charge < -0.3 is 5.11 Å². The highest BCUT2D eigenvalue weighted by atomic mass is 16.3. The zero-order chi connectivity index (χ0) is 12.6. The lowest BCUT2D eigenvalue weighted by Crippen LogP contribution is -2.63. The molecule has 1 heterocycles. The number of Topliss-reactive ketones (excluding diaryl/α,β-unsaturated/α-hetero) is 3. The van der Waals surface area contributed by atoms with E-state index < -0.39 is 5.72 Å². The first-order chi connectivity index (χ1) is 7.21. The molecule has 1 rings (SSSR count). The molecule has 1 fully saturated rings. The normalized spacial score (nSPS) is 34.1. The van der Waals surface area contributed by atoms with E-state index in [0.717, 1.165) is 0 Å². The average molecular weight is 228 g/mol. The molecule has 0 amide bonds. The predicted molar refractivity (Wildman–Crippen MR) is 56.5 cm³/mol. The number of likely N-dealkylation sites (tertiary alicyclic amines) is 1. The average Bonchev–Trinajstić information content (AvgIpc) is 2.28. The molecule has 0 aromatic carbocycles. The first-order valence-corrected chi connectivity index (χ1v) is 5.30. The van der Waals surface area contributed by atoms with Gasteiger partial charge in [-0.25, -0.2) is 0 Å². The molecule has 0 saturated carbocycles. The van der Waals surface area contributed by atoms with Crippen LogP contribution in [0.25, 0.3) is 0 Å². The van der Waals surface area contributed by atoms with E-state index in [9.17, 15) is 19.5 Å². The zero-order valence-electron chi connectivity index (χ0n) is 9.95. The zero-order valence-corrected chi connectivity index (χ0v) is 9.95. The van der Waals surface area contributed by atoms with Crippen LogP contribution in [-0.4, -0.2) is 52.8 Å². The van der Waals surface area contributed by atoms with E-state index in [1.54, 1.807) is 7.05 Å². The monoisotopic (exact) mass is 228 g/mol. The van der Waals surface area contributed by atoms with E-state index in [0.29, 0.717) is 6.54 Å². The Kier molecular flexibility index (Phi) is 3.30. The molecular weight excluding hydrogens is 210 g/mol. The Bertz CT molecular complexity index is 352. The minimum absolute atomic E-state index is 0.0687. The summed E-state index contributed by atoms with van der Waals surface area (Å²) in [6, 6.07) is 0. The fourth-order valence-corrected chi connectivity index (χ4v) is 2.37. The molecule has 5 heteroatoms. The number of carbonyl (C=O) groups is 3. The predicted octanol–water partition coefficient (Wildman–Crippen LogP) is -0.338. The van der Waals surface area contributed by atoms with Gasteiger partial charge in [0.15, 0.2) is 5.78 Å². The van der Waals surface area contributed by atoms with Crippen molar-refractivity contribution < 1.29 is 24.0 Å². The van der Waals surface area contributed by atoms with Crippen molar-refractivity contribution in [2.24, 2.45) is 0 Å². The molecule has 16 heavy (non-hydrogen) atoms. The van der Waals surface area contributed by atoms with Crippen LogP contribution in [0.3, 0.4) is 0 Å². The van der Waals surface area contributed by atoms with Gasteiger partial charge in [0.05, 0.1) is 26.4 Å². The molecule has 0 spiro atoms. The molecule has 2 atom stereocenters. The molecule has 2 unspecified atom stereocenters. The van der Waals surface area contributed by atoms with Crippen LogP contribution in [-0.2, 0) is 14.4 Å². The van der Waals surface area contributed by atoms with Crippen LogP contribution in [0.4, 0.5) is 0 Å². The second-order valence-corrected chi connectivity index (χ2v) is 4.85. The largest absolute Gasteiger partial charge is 0.336 e. The van der Waals surface area contributed by atoms with Crippen LogP contribution < -0.4 is 0 Å². The van der Waals surface area contributed by atoms with Crippen molar-refractivity contribution in [2.75, 3.05) is 20.1 Å². The molecule has 0 bridgehead atoms. The Morgan fingerprint density at radius 1 is 1.38 bits per heavy atom. The van der Waals surface area contributed by atoms with Gasteiger partial charge in [0.25, 0.3) is 5.72 Å². The first-order valence-electron chi connectivity index (χ1n) is 5.30. The Morgan fingerprint density at radius 2 is 1.94 bits per heavy atom. The summed E-state index contributed by atoms with van der Waals surface area (Å²) in [7, 11) is 1.65. The fourth-order valence-electron chi connectivity index (χ4n) is 2.37. The van der Waals surface area contributed by atoms with Crippen LogP contribution >= 0.6 is 0 Å². The molecular formula is C11H18NO4+. The fraction of sp³-hybridized carbons (Fsp3) is 0.727. The highest BCUT2D eigenvalue weighted by Gasteiger charge is 2.58. The summed E-state index contributed by atoms with van der Waals surface area (Å²) in [5.74, 6) is -0.684. The third-order valence-corrected chi connectivity index (χ3v) is 3.24. The summed E-state index contributed by atoms with van der Waals surface area (Å²) >= 11 is 0. The van der Waals surface area contributed by atoms with Crippen molar-refractivity contribution in [3.05, 3.63) is 0 Å². The number of aliphatic hydroxyl groups is 1.